The zero-order valence-electron chi connectivity index (χ0n) is 8.58. The molecule has 0 spiro atoms. The minimum Gasteiger partial charge on any atom is -0.300 e. The molecule has 0 N–H and O–H groups in total. The van der Waals surface area contributed by atoms with Crippen molar-refractivity contribution in [1.29, 1.82) is 0 Å². The van der Waals surface area contributed by atoms with E-state index in [2.05, 4.69) is 36.6 Å². The predicted molar refractivity (Wildman–Crippen MR) is 62.4 cm³/mol. The van der Waals surface area contributed by atoms with Gasteiger partial charge in [0, 0.05) is 18.8 Å². The van der Waals surface area contributed by atoms with Crippen molar-refractivity contribution in [2.45, 2.75) is 26.2 Å². The summed E-state index contributed by atoms with van der Waals surface area (Å²) >= 11 is 4.15. The Morgan fingerprint density at radius 1 is 1.38 bits per heavy atom. The molecule has 13 heavy (non-hydrogen) atoms. The first-order valence-electron chi connectivity index (χ1n) is 5.35. The SMILES string of the molecule is CCN(C/C=C/CS)CC1CCC1. The highest BCUT2D eigenvalue weighted by molar-refractivity contribution is 7.80. The molecule has 0 amide bonds. The van der Waals surface area contributed by atoms with Gasteiger partial charge in [-0.3, -0.25) is 4.90 Å². The average molecular weight is 199 g/mol. The summed E-state index contributed by atoms with van der Waals surface area (Å²) in [5, 5.41) is 0. The van der Waals surface area contributed by atoms with Gasteiger partial charge < -0.3 is 0 Å². The molecule has 0 atom stereocenters. The van der Waals surface area contributed by atoms with Crippen LogP contribution in [0.5, 0.6) is 0 Å². The van der Waals surface area contributed by atoms with E-state index < -0.39 is 0 Å². The van der Waals surface area contributed by atoms with Gasteiger partial charge in [-0.1, -0.05) is 25.5 Å². The van der Waals surface area contributed by atoms with E-state index >= 15 is 0 Å². The van der Waals surface area contributed by atoms with Crippen LogP contribution in [0.4, 0.5) is 0 Å². The molecule has 0 saturated heterocycles. The number of nitrogens with zero attached hydrogens (tertiary/aromatic N) is 1. The van der Waals surface area contributed by atoms with Gasteiger partial charge in [0.1, 0.15) is 0 Å². The molecule has 1 fully saturated rings. The Balaban J connectivity index is 2.13. The Bertz CT molecular complexity index is 152. The molecule has 2 heteroatoms. The molecule has 1 aliphatic carbocycles. The smallest absolute Gasteiger partial charge is 0.0163 e. The van der Waals surface area contributed by atoms with Crippen LogP contribution in [-0.2, 0) is 0 Å². The maximum Gasteiger partial charge on any atom is 0.0163 e. The monoisotopic (exact) mass is 199 g/mol. The maximum atomic E-state index is 4.15. The Kier molecular flexibility index (Phi) is 5.56. The molecular weight excluding hydrogens is 178 g/mol. The van der Waals surface area contributed by atoms with E-state index in [0.717, 1.165) is 18.2 Å². The van der Waals surface area contributed by atoms with Gasteiger partial charge in [0.15, 0.2) is 0 Å². The van der Waals surface area contributed by atoms with Crippen molar-refractivity contribution in [3.05, 3.63) is 12.2 Å². The number of thiol groups is 1. The molecule has 1 rings (SSSR count). The van der Waals surface area contributed by atoms with Gasteiger partial charge >= 0.3 is 0 Å². The summed E-state index contributed by atoms with van der Waals surface area (Å²) in [4.78, 5) is 2.52. The lowest BCUT2D eigenvalue weighted by molar-refractivity contribution is 0.197. The molecule has 0 bridgehead atoms. The van der Waals surface area contributed by atoms with Crippen LogP contribution in [0.3, 0.4) is 0 Å². The predicted octanol–water partition coefficient (Wildman–Crippen LogP) is 2.59. The third-order valence-corrected chi connectivity index (χ3v) is 3.03. The van der Waals surface area contributed by atoms with E-state index in [-0.39, 0.29) is 0 Å². The van der Waals surface area contributed by atoms with E-state index in [4.69, 9.17) is 0 Å². The number of rotatable bonds is 6. The van der Waals surface area contributed by atoms with Gasteiger partial charge in [-0.2, -0.15) is 12.6 Å². The fraction of sp³-hybridized carbons (Fsp3) is 0.818. The van der Waals surface area contributed by atoms with Gasteiger partial charge in [-0.05, 0) is 25.3 Å². The van der Waals surface area contributed by atoms with Gasteiger partial charge in [-0.15, -0.1) is 0 Å². The molecule has 1 nitrogen and oxygen atoms in total. The number of hydrogen-bond acceptors (Lipinski definition) is 2. The Morgan fingerprint density at radius 2 is 2.15 bits per heavy atom. The third kappa shape index (κ3) is 4.19. The molecule has 0 aromatic carbocycles. The van der Waals surface area contributed by atoms with Crippen molar-refractivity contribution < 1.29 is 0 Å². The Labute approximate surface area is 87.6 Å². The van der Waals surface area contributed by atoms with Gasteiger partial charge in [0.25, 0.3) is 0 Å². The van der Waals surface area contributed by atoms with E-state index in [1.54, 1.807) is 0 Å². The summed E-state index contributed by atoms with van der Waals surface area (Å²) < 4.78 is 0. The zero-order valence-corrected chi connectivity index (χ0v) is 9.47. The summed E-state index contributed by atoms with van der Waals surface area (Å²) in [5.41, 5.74) is 0. The second-order valence-electron chi connectivity index (χ2n) is 3.80. The largest absolute Gasteiger partial charge is 0.300 e. The summed E-state index contributed by atoms with van der Waals surface area (Å²) in [5.74, 6) is 1.85. The van der Waals surface area contributed by atoms with Crippen LogP contribution < -0.4 is 0 Å². The molecular formula is C11H21NS. The van der Waals surface area contributed by atoms with Crippen molar-refractivity contribution in [3.8, 4) is 0 Å². The fourth-order valence-electron chi connectivity index (χ4n) is 1.67. The second kappa shape index (κ2) is 6.50. The lowest BCUT2D eigenvalue weighted by Crippen LogP contribution is -2.32. The molecule has 0 heterocycles. The summed E-state index contributed by atoms with van der Waals surface area (Å²) in [6.45, 7) is 5.82. The van der Waals surface area contributed by atoms with E-state index in [1.807, 2.05) is 0 Å². The summed E-state index contributed by atoms with van der Waals surface area (Å²) in [6, 6.07) is 0. The molecule has 0 aromatic rings. The first kappa shape index (κ1) is 11.1. The van der Waals surface area contributed by atoms with Crippen LogP contribution in [0, 0.1) is 5.92 Å². The first-order valence-corrected chi connectivity index (χ1v) is 5.98. The molecule has 1 aliphatic rings. The highest BCUT2D eigenvalue weighted by atomic mass is 32.1. The standard InChI is InChI=1S/C11H21NS/c1-2-12(8-3-4-9-13)10-11-6-5-7-11/h3-4,11,13H,2,5-10H2,1H3/b4-3+. The lowest BCUT2D eigenvalue weighted by Gasteiger charge is -2.31. The van der Waals surface area contributed by atoms with Gasteiger partial charge in [0.2, 0.25) is 0 Å². The van der Waals surface area contributed by atoms with Crippen LogP contribution >= 0.6 is 12.6 Å². The first-order chi connectivity index (χ1) is 6.36. The summed E-state index contributed by atoms with van der Waals surface area (Å²) in [6.07, 6.45) is 8.72. The van der Waals surface area contributed by atoms with Crippen LogP contribution in [0.15, 0.2) is 12.2 Å². The minimum absolute atomic E-state index is 0.862. The van der Waals surface area contributed by atoms with Gasteiger partial charge in [-0.25, -0.2) is 0 Å². The fourth-order valence-corrected chi connectivity index (χ4v) is 1.82. The molecule has 0 unspecified atom stereocenters. The van der Waals surface area contributed by atoms with Crippen molar-refractivity contribution in [2.24, 2.45) is 5.92 Å². The third-order valence-electron chi connectivity index (χ3n) is 2.82. The Morgan fingerprint density at radius 3 is 2.62 bits per heavy atom. The highest BCUT2D eigenvalue weighted by Crippen LogP contribution is 2.26. The average Bonchev–Trinajstić information content (AvgIpc) is 2.08. The van der Waals surface area contributed by atoms with Crippen LogP contribution in [0.2, 0.25) is 0 Å². The van der Waals surface area contributed by atoms with E-state index in [9.17, 15) is 0 Å². The molecule has 0 radical (unpaired) electrons. The minimum atomic E-state index is 0.862. The highest BCUT2D eigenvalue weighted by Gasteiger charge is 2.19. The lowest BCUT2D eigenvalue weighted by atomic mass is 9.85. The normalized spacial score (nSPS) is 18.4. The quantitative estimate of drug-likeness (QED) is 0.508. The van der Waals surface area contributed by atoms with Crippen LogP contribution in [-0.4, -0.2) is 30.3 Å². The van der Waals surface area contributed by atoms with Gasteiger partial charge in [0.05, 0.1) is 0 Å². The van der Waals surface area contributed by atoms with Crippen molar-refractivity contribution >= 4 is 12.6 Å². The number of hydrogen-bond donors (Lipinski definition) is 1. The number of likely N-dealkylation sites (N-methyl/N-ethyl adjacent to an activating group) is 1. The van der Waals surface area contributed by atoms with Crippen LogP contribution in [0.25, 0.3) is 0 Å². The van der Waals surface area contributed by atoms with Crippen molar-refractivity contribution in [1.82, 2.24) is 4.90 Å². The van der Waals surface area contributed by atoms with Crippen LogP contribution in [0.1, 0.15) is 26.2 Å². The van der Waals surface area contributed by atoms with Crippen molar-refractivity contribution in [2.75, 3.05) is 25.4 Å². The molecule has 76 valence electrons. The van der Waals surface area contributed by atoms with E-state index in [1.165, 1.54) is 32.4 Å². The second-order valence-corrected chi connectivity index (χ2v) is 4.17. The molecule has 0 aliphatic heterocycles. The maximum absolute atomic E-state index is 4.15. The summed E-state index contributed by atoms with van der Waals surface area (Å²) in [7, 11) is 0. The molecule has 0 aromatic heterocycles. The Hall–Kier alpha value is 0.0500. The topological polar surface area (TPSA) is 3.24 Å². The zero-order chi connectivity index (χ0) is 9.52. The van der Waals surface area contributed by atoms with Crippen molar-refractivity contribution in [3.63, 3.8) is 0 Å². The van der Waals surface area contributed by atoms with E-state index in [0.29, 0.717) is 0 Å². The molecule has 1 saturated carbocycles.